The van der Waals surface area contributed by atoms with Gasteiger partial charge in [-0.15, -0.1) is 0 Å². The lowest BCUT2D eigenvalue weighted by Gasteiger charge is -1.69. The van der Waals surface area contributed by atoms with Gasteiger partial charge in [-0.1, -0.05) is 37.9 Å². The van der Waals surface area contributed by atoms with Crippen molar-refractivity contribution in [3.05, 3.63) is 0 Å². The van der Waals surface area contributed by atoms with Crippen LogP contribution in [0.15, 0.2) is 0 Å². The Balaban J connectivity index is -0.0000000271. The molecule has 0 unspecified atom stereocenters. The van der Waals surface area contributed by atoms with Crippen molar-refractivity contribution in [3.8, 4) is 16.2 Å². The third-order valence-electron chi connectivity index (χ3n) is 0. The third-order valence-corrected chi connectivity index (χ3v) is 0. The van der Waals surface area contributed by atoms with Gasteiger partial charge < -0.3 is 28.0 Å². The number of nitrogens with one attached hydrogen (secondary N) is 2. The van der Waals surface area contributed by atoms with Gasteiger partial charge in [-0.3, -0.25) is 10.8 Å². The van der Waals surface area contributed by atoms with E-state index in [1.165, 1.54) is 16.2 Å². The number of thiol groups is 3. The highest BCUT2D eigenvalue weighted by molar-refractivity contribution is 7.85. The van der Waals surface area contributed by atoms with Crippen LogP contribution in [0.2, 0.25) is 0 Å². The van der Waals surface area contributed by atoms with E-state index in [2.05, 4.69) is 60.8 Å². The lowest BCUT2D eigenvalue weighted by molar-refractivity contribution is 0.399. The average molecular weight is 327 g/mol. The molecule has 0 spiro atoms. The molecule has 0 radical (unpaired) electrons. The Morgan fingerprint density at radius 3 is 0.789 bits per heavy atom. The van der Waals surface area contributed by atoms with Gasteiger partial charge in [0.25, 0.3) is 0 Å². The van der Waals surface area contributed by atoms with Gasteiger partial charge in [0.1, 0.15) is 16.2 Å². The minimum atomic E-state index is -0.333. The zero-order chi connectivity index (χ0) is 17.3. The van der Waals surface area contributed by atoms with E-state index in [9.17, 15) is 0 Å². The summed E-state index contributed by atoms with van der Waals surface area (Å²) in [5.41, 5.74) is 17.9. The van der Waals surface area contributed by atoms with Crippen LogP contribution in [0.3, 0.4) is 0 Å². The lowest BCUT2D eigenvalue weighted by atomic mass is 11.1. The van der Waals surface area contributed by atoms with Crippen molar-refractivity contribution >= 4 is 49.8 Å². The second-order valence-corrected chi connectivity index (χ2v) is 1.81. The Morgan fingerprint density at radius 2 is 0.789 bits per heavy atom. The van der Waals surface area contributed by atoms with Crippen LogP contribution in [0.1, 0.15) is 0 Å². The summed E-state index contributed by atoms with van der Waals surface area (Å²) in [6.45, 7) is 0. The van der Waals surface area contributed by atoms with E-state index in [4.69, 9.17) is 31.7 Å². The number of nitrogens with two attached hydrogens (primary N) is 4. The molecule has 0 rings (SSSR count). The monoisotopic (exact) mass is 327 g/mol. The van der Waals surface area contributed by atoms with Gasteiger partial charge in [-0.25, -0.2) is 0 Å². The molecule has 0 fully saturated rings. The summed E-state index contributed by atoms with van der Waals surface area (Å²) in [5.74, 6) is -0.667. The molecular formula is C6H17N9OS3. The molecule has 0 aliphatic heterocycles. The van der Waals surface area contributed by atoms with Crippen LogP contribution in [0.4, 0.5) is 0 Å². The van der Waals surface area contributed by atoms with Crippen LogP contribution in [0.5, 0.6) is 0 Å². The Labute approximate surface area is 128 Å². The first kappa shape index (κ1) is 36.0. The number of hydrogen-bond acceptors (Lipinski definition) is 9. The SMILES string of the molecule is CO.N#CS.N#CS.N#CS.N=C(N)N.N=C(N)N. The summed E-state index contributed by atoms with van der Waals surface area (Å²) in [6, 6.07) is 0. The van der Waals surface area contributed by atoms with Gasteiger partial charge in [0.15, 0.2) is 11.9 Å². The van der Waals surface area contributed by atoms with E-state index in [0.717, 1.165) is 7.11 Å². The fourth-order valence-corrected chi connectivity index (χ4v) is 0. The van der Waals surface area contributed by atoms with Gasteiger partial charge in [-0.2, -0.15) is 15.8 Å². The van der Waals surface area contributed by atoms with Crippen molar-refractivity contribution in [1.82, 2.24) is 0 Å². The molecule has 0 aromatic carbocycles. The van der Waals surface area contributed by atoms with Crippen LogP contribution < -0.4 is 22.9 Å². The highest BCUT2D eigenvalue weighted by atomic mass is 32.1. The molecule has 110 valence electrons. The Kier molecular flexibility index (Phi) is 139. The average Bonchev–Trinajstić information content (AvgIpc) is 2.21. The van der Waals surface area contributed by atoms with Crippen molar-refractivity contribution in [3.63, 3.8) is 0 Å². The summed E-state index contributed by atoms with van der Waals surface area (Å²) in [5, 5.41) is 45.0. The molecule has 11 N–H and O–H groups in total. The predicted octanol–water partition coefficient (Wildman–Crippen LogP) is -1.52. The molecule has 19 heavy (non-hydrogen) atoms. The van der Waals surface area contributed by atoms with Gasteiger partial charge in [0, 0.05) is 7.11 Å². The summed E-state index contributed by atoms with van der Waals surface area (Å²) >= 11 is 9.28. The molecule has 0 bridgehead atoms. The van der Waals surface area contributed by atoms with Crippen LogP contribution in [0, 0.1) is 42.8 Å². The van der Waals surface area contributed by atoms with Crippen LogP contribution in [-0.4, -0.2) is 24.1 Å². The van der Waals surface area contributed by atoms with Crippen molar-refractivity contribution in [2.45, 2.75) is 0 Å². The second-order valence-electron chi connectivity index (χ2n) is 1.21. The molecule has 0 aromatic heterocycles. The Morgan fingerprint density at radius 1 is 0.789 bits per heavy atom. The maximum absolute atomic E-state index is 7.18. The number of rotatable bonds is 0. The van der Waals surface area contributed by atoms with Gasteiger partial charge >= 0.3 is 0 Å². The van der Waals surface area contributed by atoms with Crippen molar-refractivity contribution in [1.29, 1.82) is 26.6 Å². The molecule has 13 heteroatoms. The topological polar surface area (TPSA) is 243 Å². The molecule has 10 nitrogen and oxygen atoms in total. The molecule has 0 saturated carbocycles. The van der Waals surface area contributed by atoms with E-state index >= 15 is 0 Å². The van der Waals surface area contributed by atoms with E-state index in [-0.39, 0.29) is 11.9 Å². The summed E-state index contributed by atoms with van der Waals surface area (Å²) < 4.78 is 0. The quantitative estimate of drug-likeness (QED) is 0.108. The summed E-state index contributed by atoms with van der Waals surface area (Å²) in [6.07, 6.45) is 0. The zero-order valence-electron chi connectivity index (χ0n) is 9.94. The number of thiocyanates is 3. The van der Waals surface area contributed by atoms with E-state index in [0.29, 0.717) is 0 Å². The highest BCUT2D eigenvalue weighted by Crippen LogP contribution is 1.47. The number of hydrogen-bond donors (Lipinski definition) is 10. The molecule has 0 amide bonds. The number of aliphatic hydroxyl groups excluding tert-OH is 1. The largest absolute Gasteiger partial charge is 0.400 e. The van der Waals surface area contributed by atoms with Gasteiger partial charge in [0.05, 0.1) is 0 Å². The predicted molar refractivity (Wildman–Crippen MR) is 84.1 cm³/mol. The first-order valence-electron chi connectivity index (χ1n) is 3.44. The number of nitriles is 3. The molecule has 0 aliphatic carbocycles. The van der Waals surface area contributed by atoms with Crippen molar-refractivity contribution < 1.29 is 5.11 Å². The molecule has 0 aliphatic rings. The zero-order valence-corrected chi connectivity index (χ0v) is 12.6. The lowest BCUT2D eigenvalue weighted by Crippen LogP contribution is -2.20. The standard InChI is InChI=1S/2CH5N3.3CHNS.CH4O/c2*2-1(3)4;3*2-1-3;1-2/h2*(H5,2,3,4);3*3H;2H,1H3. The minimum absolute atomic E-state index is 0.333. The molecular weight excluding hydrogens is 310 g/mol. The number of aliphatic hydroxyl groups is 1. The first-order chi connectivity index (χ1) is 8.71. The van der Waals surface area contributed by atoms with Crippen LogP contribution in [0.25, 0.3) is 0 Å². The minimum Gasteiger partial charge on any atom is -0.400 e. The molecule has 0 saturated heterocycles. The Bertz CT molecular complexity index is 241. The maximum atomic E-state index is 7.18. The highest BCUT2D eigenvalue weighted by Gasteiger charge is 1.52. The Hall–Kier alpha value is -1.98. The fourth-order valence-electron chi connectivity index (χ4n) is 0. The van der Waals surface area contributed by atoms with E-state index in [1.807, 2.05) is 0 Å². The van der Waals surface area contributed by atoms with E-state index in [1.54, 1.807) is 0 Å². The molecule has 0 atom stereocenters. The first-order valence-corrected chi connectivity index (χ1v) is 4.79. The van der Waals surface area contributed by atoms with Crippen molar-refractivity contribution in [2.75, 3.05) is 7.11 Å². The molecule has 0 heterocycles. The maximum Gasteiger partial charge on any atom is 0.183 e. The smallest absolute Gasteiger partial charge is 0.183 e. The summed E-state index contributed by atoms with van der Waals surface area (Å²) in [4.78, 5) is 0. The summed E-state index contributed by atoms with van der Waals surface area (Å²) in [7, 11) is 1.00. The normalized spacial score (nSPS) is 4.11. The third kappa shape index (κ3) is 803. The number of guanidine groups is 2. The molecule has 0 aromatic rings. The fraction of sp³-hybridized carbons (Fsp3) is 0.167. The number of nitrogens with zero attached hydrogens (tertiary/aromatic N) is 3. The van der Waals surface area contributed by atoms with Crippen molar-refractivity contribution in [2.24, 2.45) is 22.9 Å². The second kappa shape index (κ2) is 73.3. The van der Waals surface area contributed by atoms with Gasteiger partial charge in [-0.05, 0) is 0 Å². The van der Waals surface area contributed by atoms with E-state index < -0.39 is 0 Å². The van der Waals surface area contributed by atoms with Gasteiger partial charge in [0.2, 0.25) is 0 Å². The van der Waals surface area contributed by atoms with Crippen LogP contribution in [-0.2, 0) is 0 Å². The van der Waals surface area contributed by atoms with Crippen LogP contribution >= 0.6 is 37.9 Å².